The van der Waals surface area contributed by atoms with E-state index in [-0.39, 0.29) is 34.3 Å². The SMILES string of the molecule is COc1ccccc1NC(=O)COc1ccc(/C=C2\SC(=O)N(CC(=O)c3ccc([N+](=O)[O-])cc3)C2=O)cc1OC. The van der Waals surface area contributed by atoms with E-state index in [1.54, 1.807) is 42.5 Å². The molecule has 0 spiro atoms. The van der Waals surface area contributed by atoms with E-state index in [9.17, 15) is 29.3 Å². The summed E-state index contributed by atoms with van der Waals surface area (Å²) in [6.45, 7) is -0.817. The fraction of sp³-hybridized carbons (Fsp3) is 0.143. The van der Waals surface area contributed by atoms with Gasteiger partial charge in [0.05, 0.1) is 36.3 Å². The molecule has 41 heavy (non-hydrogen) atoms. The van der Waals surface area contributed by atoms with Gasteiger partial charge < -0.3 is 19.5 Å². The number of benzene rings is 3. The Hall–Kier alpha value is -5.17. The Kier molecular flexibility index (Phi) is 8.99. The van der Waals surface area contributed by atoms with Crippen molar-refractivity contribution >= 4 is 52.0 Å². The van der Waals surface area contributed by atoms with Crippen LogP contribution in [0.5, 0.6) is 17.2 Å². The Morgan fingerprint density at radius 2 is 1.68 bits per heavy atom. The predicted octanol–water partition coefficient (Wildman–Crippen LogP) is 4.55. The maximum absolute atomic E-state index is 12.9. The molecule has 0 unspecified atom stereocenters. The molecular formula is C28H23N3O9S. The van der Waals surface area contributed by atoms with E-state index in [1.165, 1.54) is 44.6 Å². The Bertz CT molecular complexity index is 1550. The van der Waals surface area contributed by atoms with E-state index in [0.717, 1.165) is 4.90 Å². The standard InChI is InChI=1S/C28H23N3O9S/c1-38-22-6-4-3-5-20(22)29-26(33)16-40-23-12-7-17(13-24(23)39-2)14-25-27(34)30(28(35)41-25)15-21(32)18-8-10-19(11-9-18)31(36)37/h3-14H,15-16H2,1-2H3,(H,29,33)/b25-14-. The number of carbonyl (C=O) groups is 4. The number of thioether (sulfide) groups is 1. The number of hydrogen-bond donors (Lipinski definition) is 1. The Labute approximate surface area is 238 Å². The maximum atomic E-state index is 12.9. The minimum absolute atomic E-state index is 0.0957. The summed E-state index contributed by atoms with van der Waals surface area (Å²) in [4.78, 5) is 61.5. The average molecular weight is 578 g/mol. The van der Waals surface area contributed by atoms with Crippen molar-refractivity contribution in [3.05, 3.63) is 92.9 Å². The predicted molar refractivity (Wildman–Crippen MR) is 150 cm³/mol. The van der Waals surface area contributed by atoms with E-state index >= 15 is 0 Å². The maximum Gasteiger partial charge on any atom is 0.293 e. The molecule has 0 radical (unpaired) electrons. The molecule has 0 bridgehead atoms. The molecule has 1 aliphatic rings. The lowest BCUT2D eigenvalue weighted by molar-refractivity contribution is -0.384. The number of nitrogens with one attached hydrogen (secondary N) is 1. The molecule has 4 rings (SSSR count). The van der Waals surface area contributed by atoms with Gasteiger partial charge in [0.2, 0.25) is 0 Å². The lowest BCUT2D eigenvalue weighted by atomic mass is 10.1. The van der Waals surface area contributed by atoms with Gasteiger partial charge in [-0.15, -0.1) is 0 Å². The summed E-state index contributed by atoms with van der Waals surface area (Å²) in [7, 11) is 2.91. The van der Waals surface area contributed by atoms with Crippen molar-refractivity contribution in [2.24, 2.45) is 0 Å². The lowest BCUT2D eigenvalue weighted by Gasteiger charge is -2.13. The van der Waals surface area contributed by atoms with Crippen LogP contribution in [0.15, 0.2) is 71.6 Å². The molecule has 13 heteroatoms. The molecule has 3 amide bonds. The first-order valence-electron chi connectivity index (χ1n) is 12.0. The molecule has 0 saturated carbocycles. The van der Waals surface area contributed by atoms with Crippen LogP contribution < -0.4 is 19.5 Å². The van der Waals surface area contributed by atoms with Crippen molar-refractivity contribution in [2.45, 2.75) is 0 Å². The van der Waals surface area contributed by atoms with Gasteiger partial charge in [0.25, 0.3) is 22.7 Å². The highest BCUT2D eigenvalue weighted by molar-refractivity contribution is 8.18. The number of methoxy groups -OCH3 is 2. The van der Waals surface area contributed by atoms with Crippen molar-refractivity contribution in [1.29, 1.82) is 0 Å². The summed E-state index contributed by atoms with van der Waals surface area (Å²) >= 11 is 0.678. The third-order valence-electron chi connectivity index (χ3n) is 5.80. The second-order valence-corrected chi connectivity index (χ2v) is 9.44. The minimum atomic E-state index is -0.650. The zero-order chi connectivity index (χ0) is 29.5. The van der Waals surface area contributed by atoms with Gasteiger partial charge in [0, 0.05) is 17.7 Å². The molecule has 0 atom stereocenters. The zero-order valence-electron chi connectivity index (χ0n) is 21.8. The van der Waals surface area contributed by atoms with Crippen molar-refractivity contribution < 1.29 is 38.3 Å². The number of anilines is 1. The molecule has 1 N–H and O–H groups in total. The lowest BCUT2D eigenvalue weighted by Crippen LogP contribution is -2.33. The number of Topliss-reactive ketones (excluding diaryl/α,β-unsaturated/α-hetero) is 1. The highest BCUT2D eigenvalue weighted by Crippen LogP contribution is 2.35. The number of carbonyl (C=O) groups excluding carboxylic acids is 4. The summed E-state index contributed by atoms with van der Waals surface area (Å²) < 4.78 is 16.2. The van der Waals surface area contributed by atoms with Gasteiger partial charge in [-0.25, -0.2) is 0 Å². The van der Waals surface area contributed by atoms with E-state index in [0.29, 0.717) is 28.8 Å². The highest BCUT2D eigenvalue weighted by atomic mass is 32.2. The van der Waals surface area contributed by atoms with Gasteiger partial charge in [0.1, 0.15) is 5.75 Å². The second-order valence-electron chi connectivity index (χ2n) is 8.44. The largest absolute Gasteiger partial charge is 0.495 e. The van der Waals surface area contributed by atoms with Crippen molar-refractivity contribution in [1.82, 2.24) is 4.90 Å². The molecule has 12 nitrogen and oxygen atoms in total. The number of imide groups is 1. The van der Waals surface area contributed by atoms with Gasteiger partial charge in [0.15, 0.2) is 23.9 Å². The Morgan fingerprint density at radius 1 is 0.976 bits per heavy atom. The topological polar surface area (TPSA) is 154 Å². The van der Waals surface area contributed by atoms with Crippen LogP contribution in [0.4, 0.5) is 16.2 Å². The summed E-state index contributed by atoms with van der Waals surface area (Å²) in [6, 6.07) is 16.6. The average Bonchev–Trinajstić information content (AvgIpc) is 3.23. The van der Waals surface area contributed by atoms with Gasteiger partial charge in [-0.2, -0.15) is 0 Å². The first kappa shape index (κ1) is 28.8. The molecule has 0 aromatic heterocycles. The first-order chi connectivity index (χ1) is 19.7. The summed E-state index contributed by atoms with van der Waals surface area (Å²) in [5, 5.41) is 12.9. The monoisotopic (exact) mass is 577 g/mol. The van der Waals surface area contributed by atoms with Crippen LogP contribution in [-0.4, -0.2) is 60.0 Å². The minimum Gasteiger partial charge on any atom is -0.495 e. The quantitative estimate of drug-likeness (QED) is 0.149. The molecule has 1 heterocycles. The number of non-ortho nitro benzene ring substituents is 1. The van der Waals surface area contributed by atoms with Crippen LogP contribution in [0.25, 0.3) is 6.08 Å². The molecule has 3 aromatic carbocycles. The first-order valence-corrected chi connectivity index (χ1v) is 12.8. The molecule has 3 aromatic rings. The Morgan fingerprint density at radius 3 is 2.37 bits per heavy atom. The number of ether oxygens (including phenoxy) is 3. The molecule has 1 aliphatic heterocycles. The van der Waals surface area contributed by atoms with E-state index in [1.807, 2.05) is 0 Å². The zero-order valence-corrected chi connectivity index (χ0v) is 22.6. The van der Waals surface area contributed by atoms with E-state index in [2.05, 4.69) is 5.32 Å². The van der Waals surface area contributed by atoms with Crippen LogP contribution in [0.3, 0.4) is 0 Å². The van der Waals surface area contributed by atoms with Crippen LogP contribution in [0.1, 0.15) is 15.9 Å². The van der Waals surface area contributed by atoms with Gasteiger partial charge >= 0.3 is 0 Å². The second kappa shape index (κ2) is 12.8. The van der Waals surface area contributed by atoms with Crippen molar-refractivity contribution in [2.75, 3.05) is 32.7 Å². The number of para-hydroxylation sites is 2. The summed E-state index contributed by atoms with van der Waals surface area (Å²) in [5.41, 5.74) is 0.961. The van der Waals surface area contributed by atoms with Gasteiger partial charge in [-0.05, 0) is 59.8 Å². The molecule has 210 valence electrons. The van der Waals surface area contributed by atoms with Crippen LogP contribution in [0.2, 0.25) is 0 Å². The summed E-state index contributed by atoms with van der Waals surface area (Å²) in [6.07, 6.45) is 1.47. The van der Waals surface area contributed by atoms with Gasteiger partial charge in [-0.1, -0.05) is 18.2 Å². The highest BCUT2D eigenvalue weighted by Gasteiger charge is 2.36. The number of nitro benzene ring substituents is 1. The normalized spacial score (nSPS) is 13.7. The number of ketones is 1. The number of amides is 3. The fourth-order valence-electron chi connectivity index (χ4n) is 3.76. The number of nitrogens with zero attached hydrogens (tertiary/aromatic N) is 2. The molecule has 1 saturated heterocycles. The number of nitro groups is 1. The smallest absolute Gasteiger partial charge is 0.293 e. The number of rotatable bonds is 11. The molecule has 0 aliphatic carbocycles. The van der Waals surface area contributed by atoms with Crippen LogP contribution >= 0.6 is 11.8 Å². The van der Waals surface area contributed by atoms with Crippen molar-refractivity contribution in [3.63, 3.8) is 0 Å². The van der Waals surface area contributed by atoms with E-state index in [4.69, 9.17) is 14.2 Å². The van der Waals surface area contributed by atoms with Crippen molar-refractivity contribution in [3.8, 4) is 17.2 Å². The van der Waals surface area contributed by atoms with Gasteiger partial charge in [-0.3, -0.25) is 34.2 Å². The Balaban J connectivity index is 1.40. The van der Waals surface area contributed by atoms with Crippen LogP contribution in [0, 0.1) is 10.1 Å². The third-order valence-corrected chi connectivity index (χ3v) is 6.71. The molecular weight excluding hydrogens is 554 g/mol. The molecule has 1 fully saturated rings. The van der Waals surface area contributed by atoms with E-state index < -0.39 is 34.3 Å². The van der Waals surface area contributed by atoms with Crippen LogP contribution in [-0.2, 0) is 9.59 Å². The number of hydrogen-bond acceptors (Lipinski definition) is 10. The fourth-order valence-corrected chi connectivity index (χ4v) is 4.60. The summed E-state index contributed by atoms with van der Waals surface area (Å²) in [5.74, 6) is -0.539. The third kappa shape index (κ3) is 6.89.